The molecule has 0 bridgehead atoms. The molecule has 9 heteroatoms. The average molecular weight is 584 g/mol. The first-order chi connectivity index (χ1) is 20.9. The molecule has 2 aliphatic carbocycles. The quantitative estimate of drug-likeness (QED) is 0.361. The Kier molecular flexibility index (Phi) is 8.22. The number of nitrogens with zero attached hydrogens (tertiary/aromatic N) is 2. The van der Waals surface area contributed by atoms with E-state index in [0.717, 1.165) is 53.6 Å². The van der Waals surface area contributed by atoms with Crippen LogP contribution >= 0.6 is 0 Å². The summed E-state index contributed by atoms with van der Waals surface area (Å²) in [6.07, 6.45) is 5.33. The number of nitrogens with one attached hydrogen (secondary N) is 1. The highest BCUT2D eigenvalue weighted by molar-refractivity contribution is 5.98. The highest BCUT2D eigenvalue weighted by Gasteiger charge is 2.34. The van der Waals surface area contributed by atoms with E-state index in [-0.39, 0.29) is 60.4 Å². The van der Waals surface area contributed by atoms with Crippen LogP contribution in [0.1, 0.15) is 59.4 Å². The van der Waals surface area contributed by atoms with Crippen molar-refractivity contribution in [2.24, 2.45) is 16.9 Å². The first-order valence-electron chi connectivity index (χ1n) is 14.8. The van der Waals surface area contributed by atoms with Gasteiger partial charge < -0.3 is 14.8 Å². The van der Waals surface area contributed by atoms with Crippen LogP contribution in [0.3, 0.4) is 0 Å². The molecule has 3 aliphatic rings. The third kappa shape index (κ3) is 6.16. The molecule has 43 heavy (non-hydrogen) atoms. The van der Waals surface area contributed by atoms with Gasteiger partial charge in [0.2, 0.25) is 11.8 Å². The Bertz CT molecular complexity index is 1550. The lowest BCUT2D eigenvalue weighted by atomic mass is 9.83. The highest BCUT2D eigenvalue weighted by atomic mass is 19.1. The highest BCUT2D eigenvalue weighted by Crippen LogP contribution is 2.39. The molecule has 3 aromatic carbocycles. The Morgan fingerprint density at radius 1 is 1.05 bits per heavy atom. The summed E-state index contributed by atoms with van der Waals surface area (Å²) >= 11 is 0. The number of hydrogen-bond acceptors (Lipinski definition) is 6. The van der Waals surface area contributed by atoms with Gasteiger partial charge in [0.15, 0.2) is 6.61 Å². The van der Waals surface area contributed by atoms with Crippen LogP contribution < -0.4 is 5.32 Å². The van der Waals surface area contributed by atoms with Crippen LogP contribution in [0.4, 0.5) is 10.1 Å². The zero-order valence-corrected chi connectivity index (χ0v) is 24.1. The van der Waals surface area contributed by atoms with Gasteiger partial charge in [-0.05, 0) is 84.2 Å². The van der Waals surface area contributed by atoms with Crippen molar-refractivity contribution in [1.82, 2.24) is 5.01 Å². The molecule has 0 aromatic heterocycles. The number of ether oxygens (including phenoxy) is 2. The molecule has 0 saturated heterocycles. The predicted octanol–water partition coefficient (Wildman–Crippen LogP) is 5.35. The van der Waals surface area contributed by atoms with E-state index in [1.54, 1.807) is 12.1 Å². The summed E-state index contributed by atoms with van der Waals surface area (Å²) in [5.41, 5.74) is 5.21. The van der Waals surface area contributed by atoms with E-state index in [1.165, 1.54) is 24.3 Å². The number of carbonyl (C=O) groups is 3. The molecule has 1 N–H and O–H groups in total. The Morgan fingerprint density at radius 3 is 2.51 bits per heavy atom. The molecular formula is C34H34FN3O5. The maximum Gasteiger partial charge on any atom is 0.309 e. The second-order valence-electron chi connectivity index (χ2n) is 11.5. The molecule has 1 saturated carbocycles. The summed E-state index contributed by atoms with van der Waals surface area (Å²) in [5.74, 6) is -0.974. The minimum atomic E-state index is -0.363. The van der Waals surface area contributed by atoms with E-state index in [0.29, 0.717) is 18.4 Å². The van der Waals surface area contributed by atoms with Crippen LogP contribution in [-0.4, -0.2) is 42.4 Å². The zero-order valence-electron chi connectivity index (χ0n) is 24.1. The minimum Gasteiger partial charge on any atom is -0.469 e. The smallest absolute Gasteiger partial charge is 0.309 e. The molecule has 1 fully saturated rings. The summed E-state index contributed by atoms with van der Waals surface area (Å²) in [4.78, 5) is 38.6. The van der Waals surface area contributed by atoms with Gasteiger partial charge in [0.25, 0.3) is 5.91 Å². The normalized spacial score (nSPS) is 18.9. The third-order valence-corrected chi connectivity index (χ3v) is 8.73. The summed E-state index contributed by atoms with van der Waals surface area (Å²) in [7, 11) is 1.41. The SMILES string of the molecule is COC(=O)C1Cc2cccc(NC(=O)C(c3ccc(CN4N=C(c5ccc(F)cc5)OCC4=O)cc3)C3CCCC3)c2C1. The van der Waals surface area contributed by atoms with Gasteiger partial charge in [-0.2, -0.15) is 0 Å². The van der Waals surface area contributed by atoms with Crippen LogP contribution in [0.15, 0.2) is 71.8 Å². The van der Waals surface area contributed by atoms with Gasteiger partial charge in [-0.25, -0.2) is 9.40 Å². The number of hydrogen-bond donors (Lipinski definition) is 1. The van der Waals surface area contributed by atoms with E-state index in [4.69, 9.17) is 9.47 Å². The van der Waals surface area contributed by atoms with E-state index in [9.17, 15) is 18.8 Å². The lowest BCUT2D eigenvalue weighted by molar-refractivity contribution is -0.145. The second-order valence-corrected chi connectivity index (χ2v) is 11.5. The standard InChI is InChI=1S/C34H34FN3O5/c1-42-34(41)26-17-25-7-4-8-29(28(25)18-26)36-32(40)31(22-5-2-3-6-22)23-11-9-21(10-12-23)19-38-30(39)20-43-33(37-38)24-13-15-27(35)16-14-24/h4,7-16,22,26,31H,2-3,5-6,17-20H2,1H3,(H,36,40). The van der Waals surface area contributed by atoms with Gasteiger partial charge in [0, 0.05) is 11.3 Å². The number of benzene rings is 3. The molecule has 0 spiro atoms. The lowest BCUT2D eigenvalue weighted by Gasteiger charge is -2.25. The maximum atomic E-state index is 13.9. The summed E-state index contributed by atoms with van der Waals surface area (Å²) < 4.78 is 23.8. The fraction of sp³-hybridized carbons (Fsp3) is 0.353. The van der Waals surface area contributed by atoms with Crippen molar-refractivity contribution in [3.8, 4) is 0 Å². The number of halogens is 1. The number of amides is 2. The third-order valence-electron chi connectivity index (χ3n) is 8.73. The average Bonchev–Trinajstić information content (AvgIpc) is 3.71. The minimum absolute atomic E-state index is 0.0496. The van der Waals surface area contributed by atoms with Crippen molar-refractivity contribution in [2.45, 2.75) is 51.0 Å². The largest absolute Gasteiger partial charge is 0.469 e. The van der Waals surface area contributed by atoms with Crippen LogP contribution in [0, 0.1) is 17.7 Å². The molecule has 1 heterocycles. The molecule has 0 radical (unpaired) electrons. The van der Waals surface area contributed by atoms with Crippen LogP contribution in [0.2, 0.25) is 0 Å². The maximum absolute atomic E-state index is 13.9. The number of methoxy groups -OCH3 is 1. The zero-order chi connectivity index (χ0) is 29.9. The number of fused-ring (bicyclic) bond motifs is 1. The van der Waals surface area contributed by atoms with Crippen molar-refractivity contribution in [2.75, 3.05) is 19.0 Å². The van der Waals surface area contributed by atoms with Gasteiger partial charge in [0.1, 0.15) is 5.82 Å². The van der Waals surface area contributed by atoms with E-state index in [2.05, 4.69) is 10.4 Å². The number of carbonyl (C=O) groups excluding carboxylic acids is 3. The molecule has 2 atom stereocenters. The molecule has 6 rings (SSSR count). The van der Waals surface area contributed by atoms with Gasteiger partial charge in [-0.1, -0.05) is 49.2 Å². The number of hydrazone groups is 1. The van der Waals surface area contributed by atoms with Crippen LogP contribution in [-0.2, 0) is 43.2 Å². The molecule has 8 nitrogen and oxygen atoms in total. The first-order valence-corrected chi connectivity index (χ1v) is 14.8. The summed E-state index contributed by atoms with van der Waals surface area (Å²) in [6.45, 7) is 0.0900. The molecule has 1 aliphatic heterocycles. The molecular weight excluding hydrogens is 549 g/mol. The van der Waals surface area contributed by atoms with Crippen LogP contribution in [0.5, 0.6) is 0 Å². The first kappa shape index (κ1) is 28.6. The van der Waals surface area contributed by atoms with Gasteiger partial charge in [-0.3, -0.25) is 14.4 Å². The van der Waals surface area contributed by atoms with Crippen molar-refractivity contribution in [1.29, 1.82) is 0 Å². The Morgan fingerprint density at radius 2 is 1.79 bits per heavy atom. The van der Waals surface area contributed by atoms with Gasteiger partial charge >= 0.3 is 5.97 Å². The second kappa shape index (κ2) is 12.4. The Balaban J connectivity index is 1.19. The molecule has 2 unspecified atom stereocenters. The van der Waals surface area contributed by atoms with Gasteiger partial charge in [0.05, 0.1) is 25.5 Å². The van der Waals surface area contributed by atoms with Crippen molar-refractivity contribution in [3.63, 3.8) is 0 Å². The predicted molar refractivity (Wildman–Crippen MR) is 159 cm³/mol. The van der Waals surface area contributed by atoms with Crippen molar-refractivity contribution < 1.29 is 28.2 Å². The molecule has 2 amide bonds. The van der Waals surface area contributed by atoms with E-state index >= 15 is 0 Å². The fourth-order valence-electron chi connectivity index (χ4n) is 6.50. The Hall–Kier alpha value is -4.53. The summed E-state index contributed by atoms with van der Waals surface area (Å²) in [6, 6.07) is 19.4. The van der Waals surface area contributed by atoms with Crippen molar-refractivity contribution >= 4 is 29.4 Å². The van der Waals surface area contributed by atoms with E-state index in [1.807, 2.05) is 42.5 Å². The Labute approximate surface area is 249 Å². The fourth-order valence-corrected chi connectivity index (χ4v) is 6.50. The topological polar surface area (TPSA) is 97.3 Å². The monoisotopic (exact) mass is 583 g/mol. The van der Waals surface area contributed by atoms with E-state index < -0.39 is 0 Å². The van der Waals surface area contributed by atoms with Gasteiger partial charge in [-0.15, -0.1) is 5.10 Å². The van der Waals surface area contributed by atoms with Crippen molar-refractivity contribution in [3.05, 3.63) is 100 Å². The summed E-state index contributed by atoms with van der Waals surface area (Å²) in [5, 5.41) is 8.93. The lowest BCUT2D eigenvalue weighted by Crippen LogP contribution is -2.36. The van der Waals surface area contributed by atoms with Crippen LogP contribution in [0.25, 0.3) is 0 Å². The number of esters is 1. The number of anilines is 1. The molecule has 222 valence electrons. The molecule has 3 aromatic rings. The number of rotatable bonds is 8.